The van der Waals surface area contributed by atoms with Crippen LogP contribution in [-0.2, 0) is 14.9 Å². The standard InChI is InChI=1S/C9H9BrO3S/c10-6-1-7(14-3-6)9(2-8(11)12)4-13-5-9/h1,3H,2,4-5H2,(H,11,12). The minimum atomic E-state index is -0.766. The number of aliphatic carboxylic acids is 1. The van der Waals surface area contributed by atoms with Gasteiger partial charge in [-0.15, -0.1) is 11.3 Å². The van der Waals surface area contributed by atoms with Crippen molar-refractivity contribution in [2.75, 3.05) is 13.2 Å². The summed E-state index contributed by atoms with van der Waals surface area (Å²) in [6.07, 6.45) is 0.153. The summed E-state index contributed by atoms with van der Waals surface area (Å²) >= 11 is 4.95. The molecule has 76 valence electrons. The van der Waals surface area contributed by atoms with Crippen LogP contribution in [0.4, 0.5) is 0 Å². The molecule has 1 aliphatic rings. The Hall–Kier alpha value is -0.390. The lowest BCUT2D eigenvalue weighted by Gasteiger charge is -2.39. The number of hydrogen-bond donors (Lipinski definition) is 1. The van der Waals surface area contributed by atoms with Gasteiger partial charge in [-0.2, -0.15) is 0 Å². The number of carboxylic acids is 1. The molecule has 0 spiro atoms. The van der Waals surface area contributed by atoms with Crippen LogP contribution in [0.5, 0.6) is 0 Å². The van der Waals surface area contributed by atoms with Crippen molar-refractivity contribution in [2.24, 2.45) is 0 Å². The van der Waals surface area contributed by atoms with E-state index in [1.54, 1.807) is 11.3 Å². The summed E-state index contributed by atoms with van der Waals surface area (Å²) in [7, 11) is 0. The predicted molar refractivity (Wildman–Crippen MR) is 56.8 cm³/mol. The third kappa shape index (κ3) is 1.71. The van der Waals surface area contributed by atoms with Crippen molar-refractivity contribution < 1.29 is 14.6 Å². The molecule has 0 atom stereocenters. The first-order valence-electron chi connectivity index (χ1n) is 4.16. The molecule has 2 heterocycles. The molecule has 0 aliphatic carbocycles. The van der Waals surface area contributed by atoms with Crippen LogP contribution in [0, 0.1) is 0 Å². The van der Waals surface area contributed by atoms with Crippen molar-refractivity contribution in [1.82, 2.24) is 0 Å². The molecule has 1 saturated heterocycles. The highest BCUT2D eigenvalue weighted by molar-refractivity contribution is 9.10. The van der Waals surface area contributed by atoms with Gasteiger partial charge in [0, 0.05) is 14.7 Å². The number of thiophene rings is 1. The van der Waals surface area contributed by atoms with Gasteiger partial charge in [0.05, 0.1) is 25.0 Å². The molecule has 0 bridgehead atoms. The normalized spacial score (nSPS) is 18.9. The molecule has 0 saturated carbocycles. The van der Waals surface area contributed by atoms with Gasteiger partial charge in [-0.05, 0) is 22.0 Å². The Morgan fingerprint density at radius 2 is 2.43 bits per heavy atom. The van der Waals surface area contributed by atoms with Crippen LogP contribution in [0.15, 0.2) is 15.9 Å². The quantitative estimate of drug-likeness (QED) is 0.921. The van der Waals surface area contributed by atoms with Crippen LogP contribution in [0.2, 0.25) is 0 Å². The average Bonchev–Trinajstić information content (AvgIpc) is 2.44. The Labute approximate surface area is 93.8 Å². The summed E-state index contributed by atoms with van der Waals surface area (Å²) in [4.78, 5) is 11.8. The summed E-state index contributed by atoms with van der Waals surface area (Å²) in [6.45, 7) is 1.04. The molecular formula is C9H9BrO3S. The van der Waals surface area contributed by atoms with Crippen molar-refractivity contribution in [3.05, 3.63) is 20.8 Å². The number of hydrogen-bond acceptors (Lipinski definition) is 3. The molecular weight excluding hydrogens is 268 g/mol. The first kappa shape index (κ1) is 10.1. The van der Waals surface area contributed by atoms with Gasteiger partial charge in [0.2, 0.25) is 0 Å². The van der Waals surface area contributed by atoms with E-state index in [0.29, 0.717) is 13.2 Å². The number of ether oxygens (including phenoxy) is 1. The third-order valence-corrected chi connectivity index (χ3v) is 4.27. The Kier molecular flexibility index (Phi) is 2.64. The van der Waals surface area contributed by atoms with Crippen LogP contribution in [0.3, 0.4) is 0 Å². The lowest BCUT2D eigenvalue weighted by atomic mass is 9.81. The Bertz CT molecular complexity index is 357. The summed E-state index contributed by atoms with van der Waals surface area (Å²) in [5.74, 6) is -0.766. The first-order valence-corrected chi connectivity index (χ1v) is 5.84. The number of rotatable bonds is 3. The van der Waals surface area contributed by atoms with Crippen LogP contribution in [0.1, 0.15) is 11.3 Å². The predicted octanol–water partition coefficient (Wildman–Crippen LogP) is 2.25. The van der Waals surface area contributed by atoms with Crippen LogP contribution in [-0.4, -0.2) is 24.3 Å². The van der Waals surface area contributed by atoms with Crippen molar-refractivity contribution >= 4 is 33.2 Å². The topological polar surface area (TPSA) is 46.5 Å². The zero-order valence-electron chi connectivity index (χ0n) is 7.33. The molecule has 1 aliphatic heterocycles. The fraction of sp³-hybridized carbons (Fsp3) is 0.444. The van der Waals surface area contributed by atoms with Gasteiger partial charge < -0.3 is 9.84 Å². The van der Waals surface area contributed by atoms with Crippen molar-refractivity contribution in [2.45, 2.75) is 11.8 Å². The average molecular weight is 277 g/mol. The third-order valence-electron chi connectivity index (χ3n) is 2.34. The molecule has 1 N–H and O–H groups in total. The number of carboxylic acid groups (broad SMARTS) is 1. The van der Waals surface area contributed by atoms with E-state index in [0.717, 1.165) is 9.35 Å². The van der Waals surface area contributed by atoms with E-state index in [-0.39, 0.29) is 11.8 Å². The van der Waals surface area contributed by atoms with Gasteiger partial charge in [0.25, 0.3) is 0 Å². The van der Waals surface area contributed by atoms with Gasteiger partial charge >= 0.3 is 5.97 Å². The molecule has 1 aromatic rings. The molecule has 14 heavy (non-hydrogen) atoms. The molecule has 5 heteroatoms. The van der Waals surface area contributed by atoms with E-state index < -0.39 is 5.97 Å². The molecule has 0 unspecified atom stereocenters. The van der Waals surface area contributed by atoms with Crippen LogP contribution in [0.25, 0.3) is 0 Å². The molecule has 0 radical (unpaired) electrons. The molecule has 1 fully saturated rings. The zero-order chi connectivity index (χ0) is 10.2. The molecule has 3 nitrogen and oxygen atoms in total. The molecule has 0 amide bonds. The lowest BCUT2D eigenvalue weighted by molar-refractivity contribution is -0.145. The van der Waals surface area contributed by atoms with E-state index in [1.165, 1.54) is 0 Å². The molecule has 0 aromatic carbocycles. The van der Waals surface area contributed by atoms with E-state index >= 15 is 0 Å². The van der Waals surface area contributed by atoms with Crippen molar-refractivity contribution in [1.29, 1.82) is 0 Å². The Morgan fingerprint density at radius 1 is 1.71 bits per heavy atom. The Morgan fingerprint density at radius 3 is 2.79 bits per heavy atom. The number of carbonyl (C=O) groups is 1. The van der Waals surface area contributed by atoms with Gasteiger partial charge in [0.1, 0.15) is 0 Å². The van der Waals surface area contributed by atoms with Crippen molar-refractivity contribution in [3.8, 4) is 0 Å². The zero-order valence-corrected chi connectivity index (χ0v) is 9.73. The number of halogens is 1. The Balaban J connectivity index is 2.24. The fourth-order valence-corrected chi connectivity index (χ4v) is 3.16. The van der Waals surface area contributed by atoms with Gasteiger partial charge in [0.15, 0.2) is 0 Å². The van der Waals surface area contributed by atoms with Crippen LogP contribution < -0.4 is 0 Å². The smallest absolute Gasteiger partial charge is 0.304 e. The summed E-state index contributed by atoms with van der Waals surface area (Å²) in [6, 6.07) is 1.98. The van der Waals surface area contributed by atoms with Crippen LogP contribution >= 0.6 is 27.3 Å². The summed E-state index contributed by atoms with van der Waals surface area (Å²) in [5, 5.41) is 10.8. The van der Waals surface area contributed by atoms with E-state index in [4.69, 9.17) is 9.84 Å². The van der Waals surface area contributed by atoms with E-state index in [2.05, 4.69) is 15.9 Å². The van der Waals surface area contributed by atoms with Gasteiger partial charge in [-0.25, -0.2) is 0 Å². The summed E-state index contributed by atoms with van der Waals surface area (Å²) in [5.41, 5.74) is -0.275. The lowest BCUT2D eigenvalue weighted by Crippen LogP contribution is -2.47. The van der Waals surface area contributed by atoms with E-state index in [9.17, 15) is 4.79 Å². The molecule has 2 rings (SSSR count). The minimum Gasteiger partial charge on any atom is -0.481 e. The monoisotopic (exact) mass is 276 g/mol. The highest BCUT2D eigenvalue weighted by Gasteiger charge is 2.43. The highest BCUT2D eigenvalue weighted by Crippen LogP contribution is 2.40. The maximum Gasteiger partial charge on any atom is 0.304 e. The van der Waals surface area contributed by atoms with Crippen molar-refractivity contribution in [3.63, 3.8) is 0 Å². The van der Waals surface area contributed by atoms with Gasteiger partial charge in [-0.3, -0.25) is 4.79 Å². The second-order valence-electron chi connectivity index (χ2n) is 3.47. The SMILES string of the molecule is O=C(O)CC1(c2cc(Br)cs2)COC1. The maximum absolute atomic E-state index is 10.7. The minimum absolute atomic E-state index is 0.153. The summed E-state index contributed by atoms with van der Waals surface area (Å²) < 4.78 is 6.14. The molecule has 1 aromatic heterocycles. The second kappa shape index (κ2) is 3.64. The maximum atomic E-state index is 10.7. The fourth-order valence-electron chi connectivity index (χ4n) is 1.56. The van der Waals surface area contributed by atoms with E-state index in [1.807, 2.05) is 11.4 Å². The first-order chi connectivity index (χ1) is 6.62. The highest BCUT2D eigenvalue weighted by atomic mass is 79.9. The second-order valence-corrected chi connectivity index (χ2v) is 5.30. The largest absolute Gasteiger partial charge is 0.481 e. The van der Waals surface area contributed by atoms with Gasteiger partial charge in [-0.1, -0.05) is 0 Å².